The maximum atomic E-state index is 5.70. The Hall–Kier alpha value is -1.59. The molecule has 0 aliphatic heterocycles. The van der Waals surface area contributed by atoms with Gasteiger partial charge in [-0.1, -0.05) is 19.8 Å². The van der Waals surface area contributed by atoms with Crippen molar-refractivity contribution in [3.63, 3.8) is 0 Å². The average molecular weight is 264 g/mol. The van der Waals surface area contributed by atoms with E-state index in [-0.39, 0.29) is 5.95 Å². The van der Waals surface area contributed by atoms with E-state index < -0.39 is 0 Å². The second kappa shape index (κ2) is 6.04. The van der Waals surface area contributed by atoms with Gasteiger partial charge in [0.25, 0.3) is 0 Å². The second-order valence-electron chi connectivity index (χ2n) is 5.72. The zero-order valence-corrected chi connectivity index (χ0v) is 12.1. The van der Waals surface area contributed by atoms with Crippen LogP contribution in [-0.2, 0) is 0 Å². The molecule has 1 saturated carbocycles. The molecule has 0 unspecified atom stereocenters. The van der Waals surface area contributed by atoms with Gasteiger partial charge in [-0.15, -0.1) is 0 Å². The van der Waals surface area contributed by atoms with E-state index in [1.807, 2.05) is 19.0 Å². The molecule has 1 fully saturated rings. The van der Waals surface area contributed by atoms with E-state index in [2.05, 4.69) is 27.2 Å². The monoisotopic (exact) mass is 264 g/mol. The first-order valence-corrected chi connectivity index (χ1v) is 6.97. The predicted molar refractivity (Wildman–Crippen MR) is 78.2 cm³/mol. The first kappa shape index (κ1) is 13.8. The number of nitrogens with one attached hydrogen (secondary N) is 1. The van der Waals surface area contributed by atoms with Crippen LogP contribution in [0.15, 0.2) is 0 Å². The molecule has 0 atom stereocenters. The molecule has 1 heterocycles. The molecule has 19 heavy (non-hydrogen) atoms. The van der Waals surface area contributed by atoms with Crippen LogP contribution in [-0.4, -0.2) is 35.6 Å². The number of nitrogens with two attached hydrogens (primary N) is 1. The standard InChI is InChI=1S/C13H24N6/c1-9-4-6-10(7-5-9)8-15-12-16-11(14)17-13(18-12)19(2)3/h9-10H,4-8H2,1-3H3,(H3,14,15,16,17,18). The summed E-state index contributed by atoms with van der Waals surface area (Å²) in [4.78, 5) is 14.4. The summed E-state index contributed by atoms with van der Waals surface area (Å²) in [7, 11) is 3.78. The Labute approximate surface area is 114 Å². The highest BCUT2D eigenvalue weighted by Gasteiger charge is 2.18. The minimum Gasteiger partial charge on any atom is -0.368 e. The van der Waals surface area contributed by atoms with Gasteiger partial charge in [-0.3, -0.25) is 0 Å². The van der Waals surface area contributed by atoms with Crippen LogP contribution in [0.1, 0.15) is 32.6 Å². The third-order valence-electron chi connectivity index (χ3n) is 3.73. The number of nitrogen functional groups attached to an aromatic ring is 1. The van der Waals surface area contributed by atoms with Gasteiger partial charge in [0, 0.05) is 20.6 Å². The molecule has 106 valence electrons. The highest BCUT2D eigenvalue weighted by molar-refractivity contribution is 5.40. The Morgan fingerprint density at radius 2 is 1.84 bits per heavy atom. The van der Waals surface area contributed by atoms with Crippen LogP contribution in [0.25, 0.3) is 0 Å². The third-order valence-corrected chi connectivity index (χ3v) is 3.73. The van der Waals surface area contributed by atoms with E-state index >= 15 is 0 Å². The van der Waals surface area contributed by atoms with Gasteiger partial charge in [0.2, 0.25) is 17.8 Å². The van der Waals surface area contributed by atoms with Crippen LogP contribution >= 0.6 is 0 Å². The van der Waals surface area contributed by atoms with Gasteiger partial charge in [0.15, 0.2) is 0 Å². The normalized spacial score (nSPS) is 23.1. The van der Waals surface area contributed by atoms with Crippen molar-refractivity contribution in [2.24, 2.45) is 11.8 Å². The van der Waals surface area contributed by atoms with Crippen molar-refractivity contribution in [2.75, 3.05) is 36.6 Å². The Morgan fingerprint density at radius 1 is 1.16 bits per heavy atom. The van der Waals surface area contributed by atoms with Crippen molar-refractivity contribution in [1.29, 1.82) is 0 Å². The van der Waals surface area contributed by atoms with Gasteiger partial charge in [-0.2, -0.15) is 15.0 Å². The molecule has 0 bridgehead atoms. The van der Waals surface area contributed by atoms with E-state index in [9.17, 15) is 0 Å². The lowest BCUT2D eigenvalue weighted by atomic mass is 9.83. The van der Waals surface area contributed by atoms with E-state index in [4.69, 9.17) is 5.73 Å². The molecule has 0 amide bonds. The Balaban J connectivity index is 1.92. The largest absolute Gasteiger partial charge is 0.368 e. The van der Waals surface area contributed by atoms with Crippen LogP contribution in [0.5, 0.6) is 0 Å². The SMILES string of the molecule is CC1CCC(CNc2nc(N)nc(N(C)C)n2)CC1. The number of rotatable bonds is 4. The molecule has 1 aliphatic rings. The Kier molecular flexibility index (Phi) is 4.39. The summed E-state index contributed by atoms with van der Waals surface area (Å²) in [5.41, 5.74) is 5.70. The fourth-order valence-electron chi connectivity index (χ4n) is 2.43. The van der Waals surface area contributed by atoms with E-state index in [0.717, 1.165) is 18.4 Å². The molecular formula is C13H24N6. The minimum absolute atomic E-state index is 0.262. The first-order valence-electron chi connectivity index (χ1n) is 6.97. The lowest BCUT2D eigenvalue weighted by molar-refractivity contribution is 0.300. The van der Waals surface area contributed by atoms with Gasteiger partial charge in [0.1, 0.15) is 0 Å². The van der Waals surface area contributed by atoms with Crippen molar-refractivity contribution < 1.29 is 0 Å². The van der Waals surface area contributed by atoms with Crippen molar-refractivity contribution in [3.8, 4) is 0 Å². The number of nitrogens with zero attached hydrogens (tertiary/aromatic N) is 4. The van der Waals surface area contributed by atoms with Crippen molar-refractivity contribution in [2.45, 2.75) is 32.6 Å². The van der Waals surface area contributed by atoms with Crippen LogP contribution in [0.3, 0.4) is 0 Å². The topological polar surface area (TPSA) is 80.0 Å². The van der Waals surface area contributed by atoms with Crippen LogP contribution < -0.4 is 16.0 Å². The molecule has 1 aliphatic carbocycles. The Morgan fingerprint density at radius 3 is 2.47 bits per heavy atom. The lowest BCUT2D eigenvalue weighted by Gasteiger charge is -2.26. The molecule has 1 aromatic rings. The molecule has 0 radical (unpaired) electrons. The average Bonchev–Trinajstić information content (AvgIpc) is 2.37. The summed E-state index contributed by atoms with van der Waals surface area (Å²) in [5, 5.41) is 3.30. The fraction of sp³-hybridized carbons (Fsp3) is 0.769. The molecule has 6 nitrogen and oxygen atoms in total. The van der Waals surface area contributed by atoms with Gasteiger partial charge in [-0.05, 0) is 24.7 Å². The molecule has 0 saturated heterocycles. The Bertz CT molecular complexity index is 412. The maximum absolute atomic E-state index is 5.70. The van der Waals surface area contributed by atoms with Crippen LogP contribution in [0.4, 0.5) is 17.8 Å². The minimum atomic E-state index is 0.262. The highest BCUT2D eigenvalue weighted by Crippen LogP contribution is 2.28. The van der Waals surface area contributed by atoms with Gasteiger partial charge >= 0.3 is 0 Å². The molecule has 0 aromatic carbocycles. The molecule has 6 heteroatoms. The number of anilines is 3. The molecular weight excluding hydrogens is 240 g/mol. The first-order chi connectivity index (χ1) is 9.04. The second-order valence-corrected chi connectivity index (χ2v) is 5.72. The summed E-state index contributed by atoms with van der Waals surface area (Å²) in [6, 6.07) is 0. The lowest BCUT2D eigenvalue weighted by Crippen LogP contribution is -2.22. The quantitative estimate of drug-likeness (QED) is 0.862. The molecule has 0 spiro atoms. The van der Waals surface area contributed by atoms with E-state index in [1.54, 1.807) is 0 Å². The van der Waals surface area contributed by atoms with E-state index in [1.165, 1.54) is 25.7 Å². The van der Waals surface area contributed by atoms with Crippen LogP contribution in [0.2, 0.25) is 0 Å². The van der Waals surface area contributed by atoms with Gasteiger partial charge in [0.05, 0.1) is 0 Å². The van der Waals surface area contributed by atoms with E-state index in [0.29, 0.717) is 11.9 Å². The highest BCUT2D eigenvalue weighted by atomic mass is 15.3. The van der Waals surface area contributed by atoms with Crippen molar-refractivity contribution >= 4 is 17.8 Å². The van der Waals surface area contributed by atoms with Gasteiger partial charge in [-0.25, -0.2) is 0 Å². The summed E-state index contributed by atoms with van der Waals surface area (Å²) >= 11 is 0. The number of aromatic nitrogens is 3. The fourth-order valence-corrected chi connectivity index (χ4v) is 2.43. The summed E-state index contributed by atoms with van der Waals surface area (Å²) in [5.74, 6) is 3.03. The van der Waals surface area contributed by atoms with Crippen molar-refractivity contribution in [3.05, 3.63) is 0 Å². The zero-order chi connectivity index (χ0) is 13.8. The smallest absolute Gasteiger partial charge is 0.231 e. The summed E-state index contributed by atoms with van der Waals surface area (Å²) in [6.45, 7) is 3.25. The number of hydrogen-bond acceptors (Lipinski definition) is 6. The molecule has 3 N–H and O–H groups in total. The molecule has 1 aromatic heterocycles. The maximum Gasteiger partial charge on any atom is 0.231 e. The van der Waals surface area contributed by atoms with Crippen LogP contribution in [0, 0.1) is 11.8 Å². The third kappa shape index (κ3) is 3.94. The van der Waals surface area contributed by atoms with Crippen molar-refractivity contribution in [1.82, 2.24) is 15.0 Å². The molecule has 2 rings (SSSR count). The predicted octanol–water partition coefficient (Wildman–Crippen LogP) is 1.76. The summed E-state index contributed by atoms with van der Waals surface area (Å²) in [6.07, 6.45) is 5.23. The van der Waals surface area contributed by atoms with Gasteiger partial charge < -0.3 is 16.0 Å². The zero-order valence-electron chi connectivity index (χ0n) is 12.1. The number of hydrogen-bond donors (Lipinski definition) is 2. The summed E-state index contributed by atoms with van der Waals surface area (Å²) < 4.78 is 0.